The number of amides is 1. The summed E-state index contributed by atoms with van der Waals surface area (Å²) >= 11 is 9.09. The number of benzene rings is 1. The number of rotatable bonds is 5. The second-order valence-corrected chi connectivity index (χ2v) is 8.47. The summed E-state index contributed by atoms with van der Waals surface area (Å²) in [6, 6.07) is 2.72. The van der Waals surface area contributed by atoms with Gasteiger partial charge in [0.25, 0.3) is 15.0 Å². The van der Waals surface area contributed by atoms with Crippen molar-refractivity contribution in [3.63, 3.8) is 0 Å². The molecule has 0 atom stereocenters. The lowest BCUT2D eigenvalue weighted by Gasteiger charge is -2.10. The average Bonchev–Trinajstić information content (AvgIpc) is 2.29. The van der Waals surface area contributed by atoms with Gasteiger partial charge >= 0.3 is 0 Å². The zero-order chi connectivity index (χ0) is 15.5. The Bertz CT molecular complexity index is 617. The predicted molar refractivity (Wildman–Crippen MR) is 84.0 cm³/mol. The van der Waals surface area contributed by atoms with Gasteiger partial charge < -0.3 is 5.32 Å². The normalized spacial score (nSPS) is 11.7. The van der Waals surface area contributed by atoms with Crippen LogP contribution in [0.25, 0.3) is 0 Å². The molecule has 0 saturated carbocycles. The van der Waals surface area contributed by atoms with E-state index < -0.39 is 15.0 Å². The molecule has 20 heavy (non-hydrogen) atoms. The lowest BCUT2D eigenvalue weighted by Crippen LogP contribution is -2.26. The molecule has 1 aromatic rings. The Labute approximate surface area is 136 Å². The predicted octanol–water partition coefficient (Wildman–Crippen LogP) is 3.81. The molecule has 0 saturated heterocycles. The van der Waals surface area contributed by atoms with Crippen molar-refractivity contribution in [1.29, 1.82) is 0 Å². The van der Waals surface area contributed by atoms with Crippen LogP contribution in [0, 0.1) is 5.92 Å². The fourth-order valence-electron chi connectivity index (χ4n) is 1.48. The number of carbonyl (C=O) groups excluding carboxylic acids is 1. The van der Waals surface area contributed by atoms with Crippen LogP contribution in [0.3, 0.4) is 0 Å². The molecule has 0 aliphatic heterocycles. The van der Waals surface area contributed by atoms with E-state index in [0.29, 0.717) is 16.9 Å². The third-order valence-electron chi connectivity index (χ3n) is 2.52. The molecule has 0 aliphatic rings. The molecule has 0 bridgehead atoms. The van der Waals surface area contributed by atoms with Gasteiger partial charge in [-0.25, -0.2) is 8.42 Å². The Hall–Kier alpha value is -0.300. The third kappa shape index (κ3) is 4.91. The molecule has 1 amide bonds. The van der Waals surface area contributed by atoms with E-state index in [4.69, 9.17) is 22.3 Å². The number of hydrogen-bond donors (Lipinski definition) is 1. The second-order valence-electron chi connectivity index (χ2n) is 4.64. The summed E-state index contributed by atoms with van der Waals surface area (Å²) in [6.07, 6.45) is 0.817. The highest BCUT2D eigenvalue weighted by Gasteiger charge is 2.22. The Morgan fingerprint density at radius 1 is 1.40 bits per heavy atom. The van der Waals surface area contributed by atoms with Crippen LogP contribution in [0.1, 0.15) is 30.6 Å². The van der Waals surface area contributed by atoms with E-state index in [1.54, 1.807) is 0 Å². The molecule has 1 aromatic carbocycles. The summed E-state index contributed by atoms with van der Waals surface area (Å²) in [4.78, 5) is 11.7. The van der Waals surface area contributed by atoms with Crippen LogP contribution >= 0.6 is 38.2 Å². The maximum Gasteiger partial charge on any atom is 0.262 e. The van der Waals surface area contributed by atoms with Crippen molar-refractivity contribution in [2.24, 2.45) is 5.92 Å². The Morgan fingerprint density at radius 2 is 2.00 bits per heavy atom. The van der Waals surface area contributed by atoms with Crippen LogP contribution in [0.5, 0.6) is 0 Å². The van der Waals surface area contributed by atoms with E-state index in [0.717, 1.165) is 6.42 Å². The molecule has 0 aliphatic carbocycles. The van der Waals surface area contributed by atoms with Crippen molar-refractivity contribution in [2.45, 2.75) is 25.2 Å². The summed E-state index contributed by atoms with van der Waals surface area (Å²) in [5, 5.41) is 2.52. The summed E-state index contributed by atoms with van der Waals surface area (Å²) < 4.78 is 23.2. The lowest BCUT2D eigenvalue weighted by molar-refractivity contribution is 0.0952. The minimum Gasteiger partial charge on any atom is -0.352 e. The van der Waals surface area contributed by atoms with E-state index in [1.165, 1.54) is 12.1 Å². The molecule has 0 spiro atoms. The van der Waals surface area contributed by atoms with Gasteiger partial charge in [0, 0.05) is 21.7 Å². The SMILES string of the molecule is CC(C)CCNC(=O)c1cc(Br)cc(S(=O)(=O)Cl)c1Cl. The first-order chi connectivity index (χ1) is 9.12. The topological polar surface area (TPSA) is 63.2 Å². The van der Waals surface area contributed by atoms with Crippen molar-refractivity contribution < 1.29 is 13.2 Å². The van der Waals surface area contributed by atoms with Crippen LogP contribution < -0.4 is 5.32 Å². The van der Waals surface area contributed by atoms with E-state index >= 15 is 0 Å². The van der Waals surface area contributed by atoms with E-state index in [9.17, 15) is 13.2 Å². The largest absolute Gasteiger partial charge is 0.352 e. The molecular weight excluding hydrogens is 389 g/mol. The number of hydrogen-bond acceptors (Lipinski definition) is 3. The standard InChI is InChI=1S/C12H14BrCl2NO3S/c1-7(2)3-4-16-12(17)9-5-8(13)6-10(11(9)14)20(15,18)19/h5-7H,3-4H2,1-2H3,(H,16,17). The van der Waals surface area contributed by atoms with Gasteiger partial charge in [-0.05, 0) is 24.5 Å². The molecule has 4 nitrogen and oxygen atoms in total. The fraction of sp³-hybridized carbons (Fsp3) is 0.417. The monoisotopic (exact) mass is 401 g/mol. The molecule has 8 heteroatoms. The molecule has 1 N–H and O–H groups in total. The van der Waals surface area contributed by atoms with Crippen LogP contribution in [-0.2, 0) is 9.05 Å². The Kier molecular flexibility index (Phi) is 6.31. The third-order valence-corrected chi connectivity index (χ3v) is 4.84. The minimum atomic E-state index is -4.02. The highest BCUT2D eigenvalue weighted by molar-refractivity contribution is 9.10. The van der Waals surface area contributed by atoms with Crippen molar-refractivity contribution in [3.8, 4) is 0 Å². The van der Waals surface area contributed by atoms with E-state index in [2.05, 4.69) is 21.2 Å². The summed E-state index contributed by atoms with van der Waals surface area (Å²) in [6.45, 7) is 4.56. The van der Waals surface area contributed by atoms with Gasteiger partial charge in [-0.1, -0.05) is 41.4 Å². The van der Waals surface area contributed by atoms with E-state index in [1.807, 2.05) is 13.8 Å². The first kappa shape index (κ1) is 17.8. The summed E-state index contributed by atoms with van der Waals surface area (Å²) in [5.41, 5.74) is 0.0732. The van der Waals surface area contributed by atoms with Crippen LogP contribution in [0.2, 0.25) is 5.02 Å². The van der Waals surface area contributed by atoms with Crippen LogP contribution in [-0.4, -0.2) is 20.9 Å². The van der Waals surface area contributed by atoms with Gasteiger partial charge in [0.15, 0.2) is 0 Å². The zero-order valence-electron chi connectivity index (χ0n) is 10.9. The molecule has 1 rings (SSSR count). The molecule has 0 fully saturated rings. The van der Waals surface area contributed by atoms with Crippen LogP contribution in [0.15, 0.2) is 21.5 Å². The number of nitrogens with one attached hydrogen (secondary N) is 1. The van der Waals surface area contributed by atoms with Crippen molar-refractivity contribution >= 4 is 53.2 Å². The molecule has 112 valence electrons. The number of carbonyl (C=O) groups is 1. The summed E-state index contributed by atoms with van der Waals surface area (Å²) in [5.74, 6) is 0.0191. The first-order valence-electron chi connectivity index (χ1n) is 5.85. The van der Waals surface area contributed by atoms with Gasteiger partial charge in [0.2, 0.25) is 0 Å². The first-order valence-corrected chi connectivity index (χ1v) is 9.33. The highest BCUT2D eigenvalue weighted by Crippen LogP contribution is 2.31. The van der Waals surface area contributed by atoms with Crippen LogP contribution in [0.4, 0.5) is 0 Å². The van der Waals surface area contributed by atoms with Crippen molar-refractivity contribution in [1.82, 2.24) is 5.32 Å². The van der Waals surface area contributed by atoms with Gasteiger partial charge in [-0.15, -0.1) is 0 Å². The minimum absolute atomic E-state index is 0.0732. The van der Waals surface area contributed by atoms with Gasteiger partial charge in [-0.3, -0.25) is 4.79 Å². The second kappa shape index (κ2) is 7.11. The molecule has 0 heterocycles. The van der Waals surface area contributed by atoms with E-state index in [-0.39, 0.29) is 15.5 Å². The summed E-state index contributed by atoms with van der Waals surface area (Å²) in [7, 11) is 1.28. The Balaban J connectivity index is 3.07. The molecule has 0 aromatic heterocycles. The smallest absolute Gasteiger partial charge is 0.262 e. The molecule has 0 unspecified atom stereocenters. The maximum atomic E-state index is 12.0. The lowest BCUT2D eigenvalue weighted by atomic mass is 10.1. The quantitative estimate of drug-likeness (QED) is 0.761. The highest BCUT2D eigenvalue weighted by atomic mass is 79.9. The average molecular weight is 403 g/mol. The maximum absolute atomic E-state index is 12.0. The Morgan fingerprint density at radius 3 is 2.50 bits per heavy atom. The van der Waals surface area contributed by atoms with Gasteiger partial charge in [0.05, 0.1) is 10.6 Å². The molecular formula is C12H14BrCl2NO3S. The van der Waals surface area contributed by atoms with Crippen molar-refractivity contribution in [2.75, 3.05) is 6.54 Å². The molecule has 0 radical (unpaired) electrons. The van der Waals surface area contributed by atoms with Gasteiger partial charge in [0.1, 0.15) is 4.90 Å². The fourth-order valence-corrected chi connectivity index (χ4v) is 3.66. The zero-order valence-corrected chi connectivity index (χ0v) is 14.8. The van der Waals surface area contributed by atoms with Crippen molar-refractivity contribution in [3.05, 3.63) is 27.2 Å². The van der Waals surface area contributed by atoms with Gasteiger partial charge in [-0.2, -0.15) is 0 Å². The number of halogens is 3.